The number of halogens is 1. The molecular formula is C16H24BrNO3. The third-order valence-electron chi connectivity index (χ3n) is 3.98. The summed E-state index contributed by atoms with van der Waals surface area (Å²) in [6.45, 7) is 0.889. The largest absolute Gasteiger partial charge is 0.493 e. The van der Waals surface area contributed by atoms with Crippen LogP contribution in [-0.2, 0) is 4.74 Å². The van der Waals surface area contributed by atoms with Gasteiger partial charge in [-0.1, -0.05) is 15.9 Å². The van der Waals surface area contributed by atoms with Crippen molar-refractivity contribution in [2.75, 3.05) is 20.8 Å². The van der Waals surface area contributed by atoms with Crippen molar-refractivity contribution in [3.8, 4) is 11.5 Å². The molecule has 0 spiro atoms. The maximum atomic E-state index is 6.35. The SMILES string of the molecule is COc1cc(Br)c(C(N)CCC2CCCCO2)cc1OC. The molecule has 1 saturated heterocycles. The second-order valence-corrected chi connectivity index (χ2v) is 6.26. The molecule has 4 nitrogen and oxygen atoms in total. The van der Waals surface area contributed by atoms with E-state index in [0.717, 1.165) is 35.9 Å². The highest BCUT2D eigenvalue weighted by Crippen LogP contribution is 2.36. The summed E-state index contributed by atoms with van der Waals surface area (Å²) in [5, 5.41) is 0. The van der Waals surface area contributed by atoms with E-state index in [4.69, 9.17) is 19.9 Å². The Morgan fingerprint density at radius 1 is 1.29 bits per heavy atom. The van der Waals surface area contributed by atoms with Crippen molar-refractivity contribution < 1.29 is 14.2 Å². The van der Waals surface area contributed by atoms with Crippen molar-refractivity contribution in [1.82, 2.24) is 0 Å². The fraction of sp³-hybridized carbons (Fsp3) is 0.625. The molecule has 2 unspecified atom stereocenters. The molecule has 0 bridgehead atoms. The van der Waals surface area contributed by atoms with Crippen molar-refractivity contribution >= 4 is 15.9 Å². The molecular weight excluding hydrogens is 334 g/mol. The van der Waals surface area contributed by atoms with Gasteiger partial charge in [-0.15, -0.1) is 0 Å². The molecule has 2 atom stereocenters. The molecule has 1 aromatic carbocycles. The molecule has 1 heterocycles. The van der Waals surface area contributed by atoms with Gasteiger partial charge >= 0.3 is 0 Å². The first-order valence-electron chi connectivity index (χ1n) is 7.44. The summed E-state index contributed by atoms with van der Waals surface area (Å²) in [6.07, 6.45) is 5.87. The van der Waals surface area contributed by atoms with E-state index in [1.165, 1.54) is 12.8 Å². The Morgan fingerprint density at radius 2 is 2.00 bits per heavy atom. The molecule has 1 fully saturated rings. The van der Waals surface area contributed by atoms with Crippen LogP contribution in [0.15, 0.2) is 16.6 Å². The van der Waals surface area contributed by atoms with Gasteiger partial charge in [0.05, 0.1) is 20.3 Å². The molecule has 0 aliphatic carbocycles. The van der Waals surface area contributed by atoms with Gasteiger partial charge in [0.25, 0.3) is 0 Å². The van der Waals surface area contributed by atoms with Crippen LogP contribution >= 0.6 is 15.9 Å². The molecule has 1 aliphatic rings. The molecule has 5 heteroatoms. The zero-order chi connectivity index (χ0) is 15.2. The lowest BCUT2D eigenvalue weighted by Gasteiger charge is -2.24. The van der Waals surface area contributed by atoms with Gasteiger partial charge in [-0.2, -0.15) is 0 Å². The van der Waals surface area contributed by atoms with Crippen LogP contribution in [0.1, 0.15) is 43.7 Å². The fourth-order valence-corrected chi connectivity index (χ4v) is 3.33. The third-order valence-corrected chi connectivity index (χ3v) is 4.66. The summed E-state index contributed by atoms with van der Waals surface area (Å²) in [6, 6.07) is 3.82. The van der Waals surface area contributed by atoms with Crippen molar-refractivity contribution in [1.29, 1.82) is 0 Å². The Kier molecular flexibility index (Phi) is 6.33. The molecule has 0 saturated carbocycles. The number of hydrogen-bond acceptors (Lipinski definition) is 4. The standard InChI is InChI=1S/C16H24BrNO3/c1-19-15-9-12(13(17)10-16(15)20-2)14(18)7-6-11-5-3-4-8-21-11/h9-11,14H,3-8,18H2,1-2H3. The number of benzene rings is 1. The number of rotatable bonds is 6. The van der Waals surface area contributed by atoms with Gasteiger partial charge in [0.2, 0.25) is 0 Å². The van der Waals surface area contributed by atoms with Gasteiger partial charge in [-0.3, -0.25) is 0 Å². The molecule has 1 aromatic rings. The van der Waals surface area contributed by atoms with Crippen LogP contribution in [0.4, 0.5) is 0 Å². The molecule has 0 amide bonds. The minimum absolute atomic E-state index is 0.0373. The third kappa shape index (κ3) is 4.34. The number of hydrogen-bond donors (Lipinski definition) is 1. The summed E-state index contributed by atoms with van der Waals surface area (Å²) in [4.78, 5) is 0. The Balaban J connectivity index is 2.02. The molecule has 1 aliphatic heterocycles. The van der Waals surface area contributed by atoms with Crippen molar-refractivity contribution in [3.05, 3.63) is 22.2 Å². The lowest BCUT2D eigenvalue weighted by atomic mass is 9.97. The first-order chi connectivity index (χ1) is 10.2. The van der Waals surface area contributed by atoms with Gasteiger partial charge in [-0.05, 0) is 49.8 Å². The quantitative estimate of drug-likeness (QED) is 0.840. The van der Waals surface area contributed by atoms with Gasteiger partial charge in [-0.25, -0.2) is 0 Å². The summed E-state index contributed by atoms with van der Waals surface area (Å²) in [5.41, 5.74) is 7.39. The molecule has 21 heavy (non-hydrogen) atoms. The van der Waals surface area contributed by atoms with Crippen LogP contribution in [0.25, 0.3) is 0 Å². The molecule has 0 aromatic heterocycles. The highest BCUT2D eigenvalue weighted by atomic mass is 79.9. The maximum absolute atomic E-state index is 6.35. The minimum atomic E-state index is -0.0373. The van der Waals surface area contributed by atoms with E-state index in [1.54, 1.807) is 14.2 Å². The van der Waals surface area contributed by atoms with Crippen molar-refractivity contribution in [2.24, 2.45) is 5.73 Å². The van der Waals surface area contributed by atoms with E-state index in [1.807, 2.05) is 12.1 Å². The Labute approximate surface area is 135 Å². The lowest BCUT2D eigenvalue weighted by molar-refractivity contribution is 0.00911. The van der Waals surface area contributed by atoms with Gasteiger partial charge in [0, 0.05) is 17.1 Å². The monoisotopic (exact) mass is 357 g/mol. The van der Waals surface area contributed by atoms with E-state index >= 15 is 0 Å². The Morgan fingerprint density at radius 3 is 2.62 bits per heavy atom. The minimum Gasteiger partial charge on any atom is -0.493 e. The number of ether oxygens (including phenoxy) is 3. The van der Waals surface area contributed by atoms with Crippen LogP contribution in [0.3, 0.4) is 0 Å². The zero-order valence-corrected chi connectivity index (χ0v) is 14.3. The van der Waals surface area contributed by atoms with Crippen LogP contribution in [-0.4, -0.2) is 26.9 Å². The van der Waals surface area contributed by atoms with Crippen molar-refractivity contribution in [3.63, 3.8) is 0 Å². The summed E-state index contributed by atoms with van der Waals surface area (Å²) in [5.74, 6) is 1.41. The molecule has 118 valence electrons. The van der Waals surface area contributed by atoms with E-state index < -0.39 is 0 Å². The highest BCUT2D eigenvalue weighted by Gasteiger charge is 2.19. The second kappa shape index (κ2) is 8.01. The summed E-state index contributed by atoms with van der Waals surface area (Å²) in [7, 11) is 3.27. The molecule has 2 rings (SSSR count). The predicted octanol–water partition coefficient (Wildman–Crippen LogP) is 3.82. The topological polar surface area (TPSA) is 53.7 Å². The lowest BCUT2D eigenvalue weighted by Crippen LogP contribution is -2.21. The van der Waals surface area contributed by atoms with E-state index in [0.29, 0.717) is 17.6 Å². The zero-order valence-electron chi connectivity index (χ0n) is 12.7. The average molecular weight is 358 g/mol. The van der Waals surface area contributed by atoms with Crippen LogP contribution in [0.2, 0.25) is 0 Å². The fourth-order valence-electron chi connectivity index (χ4n) is 2.71. The normalized spacial score (nSPS) is 20.1. The number of nitrogens with two attached hydrogens (primary N) is 1. The first kappa shape index (κ1) is 16.6. The summed E-state index contributed by atoms with van der Waals surface area (Å²) >= 11 is 3.57. The van der Waals surface area contributed by atoms with Crippen molar-refractivity contribution in [2.45, 2.75) is 44.2 Å². The Hall–Kier alpha value is -0.780. The van der Waals surface area contributed by atoms with E-state index in [-0.39, 0.29) is 6.04 Å². The molecule has 2 N–H and O–H groups in total. The first-order valence-corrected chi connectivity index (χ1v) is 8.23. The van der Waals surface area contributed by atoms with Gasteiger partial charge in [0.1, 0.15) is 0 Å². The van der Waals surface area contributed by atoms with E-state index in [2.05, 4.69) is 15.9 Å². The van der Waals surface area contributed by atoms with Crippen LogP contribution in [0, 0.1) is 0 Å². The van der Waals surface area contributed by atoms with Crippen LogP contribution in [0.5, 0.6) is 11.5 Å². The second-order valence-electron chi connectivity index (χ2n) is 5.40. The smallest absolute Gasteiger partial charge is 0.161 e. The molecule has 0 radical (unpaired) electrons. The average Bonchev–Trinajstić information content (AvgIpc) is 2.53. The summed E-state index contributed by atoms with van der Waals surface area (Å²) < 4.78 is 17.4. The Bertz CT molecular complexity index is 461. The van der Waals surface area contributed by atoms with Crippen LogP contribution < -0.4 is 15.2 Å². The predicted molar refractivity (Wildman–Crippen MR) is 87.0 cm³/mol. The maximum Gasteiger partial charge on any atom is 0.161 e. The highest BCUT2D eigenvalue weighted by molar-refractivity contribution is 9.10. The van der Waals surface area contributed by atoms with Gasteiger partial charge < -0.3 is 19.9 Å². The van der Waals surface area contributed by atoms with E-state index in [9.17, 15) is 0 Å². The number of methoxy groups -OCH3 is 2. The van der Waals surface area contributed by atoms with Gasteiger partial charge in [0.15, 0.2) is 11.5 Å².